The van der Waals surface area contributed by atoms with E-state index in [1.807, 2.05) is 0 Å². The number of Topliss-reactive ketones (excluding diaryl/α,β-unsaturated/α-hetero) is 1. The van der Waals surface area contributed by atoms with Gasteiger partial charge in [0.1, 0.15) is 5.78 Å². The molecular weight excluding hydrogens is 402 g/mol. The summed E-state index contributed by atoms with van der Waals surface area (Å²) in [6.45, 7) is 9.05. The molecule has 0 radical (unpaired) electrons. The van der Waals surface area contributed by atoms with Crippen LogP contribution >= 0.6 is 0 Å². The largest absolute Gasteiger partial charge is 0.469 e. The number of esters is 1. The standard InChI is InChI=1S/C27H39NO4/c1-15(2)17-14-27-12-9-20-25(3,10-6-11-26(20,4)24(30)32-5)21(27)13-16(17)22-19(29)8-7-18(28-31)23(22)27/h14-16,20-23,31H,6-13H2,1-5H3/b28-18+/t16-,20+,21+,22-,23+,25-,26+,27-/m0/s1. The number of carbonyl (C=O) groups is 2. The zero-order chi connectivity index (χ0) is 23.1. The van der Waals surface area contributed by atoms with Crippen LogP contribution in [0.15, 0.2) is 16.8 Å². The summed E-state index contributed by atoms with van der Waals surface area (Å²) in [5.74, 6) is 1.62. The zero-order valence-corrected chi connectivity index (χ0v) is 20.3. The molecule has 6 aliphatic rings. The summed E-state index contributed by atoms with van der Waals surface area (Å²) >= 11 is 0. The molecule has 0 unspecified atom stereocenters. The van der Waals surface area contributed by atoms with Gasteiger partial charge in [-0.15, -0.1) is 0 Å². The highest BCUT2D eigenvalue weighted by atomic mass is 16.5. The van der Waals surface area contributed by atoms with Crippen LogP contribution in [-0.2, 0) is 14.3 Å². The highest BCUT2D eigenvalue weighted by Crippen LogP contribution is 2.74. The Hall–Kier alpha value is -1.65. The van der Waals surface area contributed by atoms with Crippen LogP contribution in [0.4, 0.5) is 0 Å². The monoisotopic (exact) mass is 441 g/mol. The summed E-state index contributed by atoms with van der Waals surface area (Å²) in [6.07, 6.45) is 9.63. The number of ketones is 1. The van der Waals surface area contributed by atoms with Gasteiger partial charge in [-0.3, -0.25) is 9.59 Å². The van der Waals surface area contributed by atoms with Crippen LogP contribution in [0.2, 0.25) is 0 Å². The van der Waals surface area contributed by atoms with Crippen molar-refractivity contribution in [3.63, 3.8) is 0 Å². The minimum Gasteiger partial charge on any atom is -0.469 e. The number of fused-ring (bicyclic) bond motifs is 1. The maximum atomic E-state index is 13.3. The van der Waals surface area contributed by atoms with Crippen molar-refractivity contribution in [2.75, 3.05) is 7.11 Å². The first-order chi connectivity index (χ1) is 15.1. The van der Waals surface area contributed by atoms with Gasteiger partial charge in [-0.2, -0.15) is 0 Å². The Morgan fingerprint density at radius 1 is 1.19 bits per heavy atom. The van der Waals surface area contributed by atoms with Gasteiger partial charge in [0.25, 0.3) is 0 Å². The molecule has 0 amide bonds. The van der Waals surface area contributed by atoms with Crippen molar-refractivity contribution in [3.8, 4) is 0 Å². The second-order valence-electron chi connectivity index (χ2n) is 12.2. The van der Waals surface area contributed by atoms with E-state index in [-0.39, 0.29) is 40.5 Å². The average molecular weight is 442 g/mol. The Morgan fingerprint density at radius 3 is 2.59 bits per heavy atom. The van der Waals surface area contributed by atoms with Crippen molar-refractivity contribution in [2.45, 2.75) is 79.1 Å². The molecule has 0 aromatic heterocycles. The topological polar surface area (TPSA) is 76.0 Å². The van der Waals surface area contributed by atoms with E-state index in [2.05, 4.69) is 38.9 Å². The van der Waals surface area contributed by atoms with E-state index >= 15 is 0 Å². The van der Waals surface area contributed by atoms with Crippen molar-refractivity contribution >= 4 is 17.5 Å². The van der Waals surface area contributed by atoms with Crippen LogP contribution in [0.1, 0.15) is 79.1 Å². The third kappa shape index (κ3) is 2.60. The second-order valence-corrected chi connectivity index (χ2v) is 12.2. The molecule has 32 heavy (non-hydrogen) atoms. The second kappa shape index (κ2) is 7.17. The van der Waals surface area contributed by atoms with E-state index < -0.39 is 5.41 Å². The van der Waals surface area contributed by atoms with E-state index in [9.17, 15) is 14.8 Å². The molecule has 0 aromatic carbocycles. The first-order valence-electron chi connectivity index (χ1n) is 12.7. The molecule has 6 rings (SSSR count). The van der Waals surface area contributed by atoms with Crippen molar-refractivity contribution in [1.29, 1.82) is 0 Å². The van der Waals surface area contributed by atoms with Gasteiger partial charge in [0.15, 0.2) is 0 Å². The van der Waals surface area contributed by atoms with Crippen molar-refractivity contribution in [2.24, 2.45) is 56.9 Å². The average Bonchev–Trinajstić information content (AvgIpc) is 2.78. The van der Waals surface area contributed by atoms with Gasteiger partial charge in [-0.05, 0) is 74.5 Å². The number of methoxy groups -OCH3 is 1. The lowest BCUT2D eigenvalue weighted by molar-refractivity contribution is -0.193. The van der Waals surface area contributed by atoms with Crippen LogP contribution in [0, 0.1) is 51.8 Å². The molecule has 0 aliphatic heterocycles. The van der Waals surface area contributed by atoms with Gasteiger partial charge in [0.2, 0.25) is 0 Å². The summed E-state index contributed by atoms with van der Waals surface area (Å²) in [5, 5.41) is 13.8. The Bertz CT molecular complexity index is 905. The smallest absolute Gasteiger partial charge is 0.311 e. The van der Waals surface area contributed by atoms with Crippen molar-refractivity contribution in [1.82, 2.24) is 0 Å². The normalized spacial score (nSPS) is 48.7. The molecule has 4 saturated carbocycles. The molecule has 2 bridgehead atoms. The van der Waals surface area contributed by atoms with E-state index in [4.69, 9.17) is 4.74 Å². The Labute approximate surface area is 192 Å². The molecule has 0 aromatic rings. The Kier molecular flexibility index (Phi) is 4.97. The van der Waals surface area contributed by atoms with Crippen LogP contribution < -0.4 is 0 Å². The summed E-state index contributed by atoms with van der Waals surface area (Å²) in [5.41, 5.74) is 1.72. The molecule has 176 valence electrons. The molecule has 5 heteroatoms. The zero-order valence-electron chi connectivity index (χ0n) is 20.3. The number of allylic oxidation sites excluding steroid dienone is 2. The highest BCUT2D eigenvalue weighted by molar-refractivity contribution is 6.00. The number of hydrogen-bond donors (Lipinski definition) is 1. The number of oxime groups is 1. The third-order valence-electron chi connectivity index (χ3n) is 10.8. The first-order valence-corrected chi connectivity index (χ1v) is 12.7. The van der Waals surface area contributed by atoms with Gasteiger partial charge >= 0.3 is 5.97 Å². The predicted octanol–water partition coefficient (Wildman–Crippen LogP) is 5.41. The lowest BCUT2D eigenvalue weighted by Gasteiger charge is -2.70. The molecule has 8 atom stereocenters. The van der Waals surface area contributed by atoms with Crippen molar-refractivity contribution < 1.29 is 19.5 Å². The van der Waals surface area contributed by atoms with Crippen LogP contribution in [-0.4, -0.2) is 29.8 Å². The van der Waals surface area contributed by atoms with Gasteiger partial charge in [0.05, 0.1) is 18.2 Å². The van der Waals surface area contributed by atoms with Crippen molar-refractivity contribution in [3.05, 3.63) is 11.6 Å². The fourth-order valence-electron chi connectivity index (χ4n) is 9.70. The highest BCUT2D eigenvalue weighted by Gasteiger charge is 2.70. The summed E-state index contributed by atoms with van der Waals surface area (Å²) in [7, 11) is 1.52. The number of carbonyl (C=O) groups excluding carboxylic acids is 2. The number of ether oxygens (including phenoxy) is 1. The van der Waals surface area contributed by atoms with E-state index in [1.54, 1.807) is 0 Å². The molecular formula is C27H39NO4. The fourth-order valence-corrected chi connectivity index (χ4v) is 9.70. The maximum absolute atomic E-state index is 13.3. The van der Waals surface area contributed by atoms with Crippen LogP contribution in [0.25, 0.3) is 0 Å². The minimum atomic E-state index is -0.444. The van der Waals surface area contributed by atoms with E-state index in [1.165, 1.54) is 12.7 Å². The third-order valence-corrected chi connectivity index (χ3v) is 10.8. The Balaban J connectivity index is 1.67. The SMILES string of the molecule is COC(=O)[C@]1(C)CCC[C@]2(C)[C@H]3C[C@H]4C(C(C)C)=C[C@]3(CC[C@H]21)[C@@H]1/C(=N/O)CCC(=O)[C@@H]14. The molecule has 1 spiro atoms. The lowest BCUT2D eigenvalue weighted by atomic mass is 9.33. The predicted molar refractivity (Wildman–Crippen MR) is 122 cm³/mol. The number of rotatable bonds is 2. The Morgan fingerprint density at radius 2 is 1.94 bits per heavy atom. The molecule has 4 fully saturated rings. The van der Waals surface area contributed by atoms with Crippen LogP contribution in [0.5, 0.6) is 0 Å². The van der Waals surface area contributed by atoms with Gasteiger partial charge in [-0.1, -0.05) is 44.0 Å². The molecule has 0 heterocycles. The van der Waals surface area contributed by atoms with E-state index in [0.717, 1.165) is 44.2 Å². The quantitative estimate of drug-likeness (QED) is 0.269. The number of hydrogen-bond acceptors (Lipinski definition) is 5. The van der Waals surface area contributed by atoms with Crippen LogP contribution in [0.3, 0.4) is 0 Å². The first kappa shape index (κ1) is 22.2. The van der Waals surface area contributed by atoms with Gasteiger partial charge in [-0.25, -0.2) is 0 Å². The molecule has 1 N–H and O–H groups in total. The summed E-state index contributed by atoms with van der Waals surface area (Å²) in [4.78, 5) is 26.3. The summed E-state index contributed by atoms with van der Waals surface area (Å²) in [6, 6.07) is 0. The molecule has 6 aliphatic carbocycles. The number of nitrogens with zero attached hydrogens (tertiary/aromatic N) is 1. The fraction of sp³-hybridized carbons (Fsp3) is 0.815. The van der Waals surface area contributed by atoms with Gasteiger partial charge in [0, 0.05) is 23.7 Å². The van der Waals surface area contributed by atoms with Gasteiger partial charge < -0.3 is 9.94 Å². The molecule has 5 nitrogen and oxygen atoms in total. The summed E-state index contributed by atoms with van der Waals surface area (Å²) < 4.78 is 5.32. The maximum Gasteiger partial charge on any atom is 0.311 e. The lowest BCUT2D eigenvalue weighted by Crippen LogP contribution is -2.67. The minimum absolute atomic E-state index is 0.0166. The molecule has 0 saturated heterocycles. The van der Waals surface area contributed by atoms with E-state index in [0.29, 0.717) is 30.5 Å².